The van der Waals surface area contributed by atoms with Crippen molar-refractivity contribution in [1.29, 1.82) is 0 Å². The van der Waals surface area contributed by atoms with E-state index in [9.17, 15) is 13.2 Å². The van der Waals surface area contributed by atoms with Gasteiger partial charge in [0, 0.05) is 16.2 Å². The van der Waals surface area contributed by atoms with Gasteiger partial charge in [-0.1, -0.05) is 35.2 Å². The van der Waals surface area contributed by atoms with Gasteiger partial charge in [0.25, 0.3) is 5.91 Å². The normalized spacial score (nSPS) is 14.6. The molecule has 0 atom stereocenters. The summed E-state index contributed by atoms with van der Waals surface area (Å²) in [7, 11) is -3.56. The van der Waals surface area contributed by atoms with E-state index in [1.165, 1.54) is 12.1 Å². The minimum absolute atomic E-state index is 0.00208. The van der Waals surface area contributed by atoms with Gasteiger partial charge in [-0.3, -0.25) is 10.1 Å². The Bertz CT molecular complexity index is 1070. The lowest BCUT2D eigenvalue weighted by Gasteiger charge is -2.22. The fourth-order valence-electron chi connectivity index (χ4n) is 3.47. The van der Waals surface area contributed by atoms with E-state index >= 15 is 0 Å². The van der Waals surface area contributed by atoms with Crippen molar-refractivity contribution in [2.45, 2.75) is 50.0 Å². The summed E-state index contributed by atoms with van der Waals surface area (Å²) in [5.74, 6) is 0.210. The zero-order chi connectivity index (χ0) is 23.1. The molecule has 0 heterocycles. The Hall–Kier alpha value is -2.01. The third kappa shape index (κ3) is 7.26. The molecule has 0 saturated heterocycles. The highest BCUT2D eigenvalue weighted by Gasteiger charge is 2.21. The quantitative estimate of drug-likeness (QED) is 0.455. The Balaban J connectivity index is 1.48. The molecule has 1 amide bonds. The van der Waals surface area contributed by atoms with Crippen LogP contribution in [0.25, 0.3) is 0 Å². The summed E-state index contributed by atoms with van der Waals surface area (Å²) in [5.41, 5.74) is 1.47. The van der Waals surface area contributed by atoms with Crippen LogP contribution in [0.5, 0.6) is 5.75 Å². The second kappa shape index (κ2) is 11.2. The molecule has 10 heteroatoms. The highest BCUT2D eigenvalue weighted by molar-refractivity contribution is 9.10. The predicted octanol–water partition coefficient (Wildman–Crippen LogP) is 4.26. The van der Waals surface area contributed by atoms with Crippen LogP contribution in [0, 0.1) is 6.92 Å². The minimum atomic E-state index is -3.56. The molecule has 1 aliphatic carbocycles. The summed E-state index contributed by atoms with van der Waals surface area (Å²) < 4.78 is 34.4. The number of halogens is 1. The molecule has 3 rings (SSSR count). The third-order valence-corrected chi connectivity index (χ3v) is 7.33. The van der Waals surface area contributed by atoms with Crippen molar-refractivity contribution in [3.05, 3.63) is 52.5 Å². The number of anilines is 1. The van der Waals surface area contributed by atoms with Gasteiger partial charge in [0.1, 0.15) is 5.75 Å². The van der Waals surface area contributed by atoms with Gasteiger partial charge in [-0.05, 0) is 80.0 Å². The number of aryl methyl sites for hydroxylation is 1. The summed E-state index contributed by atoms with van der Waals surface area (Å²) in [5, 5.41) is 5.52. The van der Waals surface area contributed by atoms with Crippen molar-refractivity contribution in [1.82, 2.24) is 10.0 Å². The molecule has 0 aromatic heterocycles. The van der Waals surface area contributed by atoms with E-state index in [0.29, 0.717) is 11.4 Å². The average molecular weight is 541 g/mol. The molecule has 0 unspecified atom stereocenters. The lowest BCUT2D eigenvalue weighted by Crippen LogP contribution is -2.37. The number of thiocarbonyl (C=S) groups is 1. The van der Waals surface area contributed by atoms with Crippen LogP contribution in [0.3, 0.4) is 0 Å². The lowest BCUT2D eigenvalue weighted by molar-refractivity contribution is -0.121. The van der Waals surface area contributed by atoms with Crippen LogP contribution in [0.4, 0.5) is 5.69 Å². The summed E-state index contributed by atoms with van der Waals surface area (Å²) in [6.07, 6.45) is 5.00. The number of hydrogen-bond donors (Lipinski definition) is 3. The number of carbonyl (C=O) groups is 1. The van der Waals surface area contributed by atoms with Crippen LogP contribution in [0.15, 0.2) is 51.8 Å². The van der Waals surface area contributed by atoms with Crippen molar-refractivity contribution in [3.8, 4) is 5.75 Å². The number of ether oxygens (including phenoxy) is 1. The van der Waals surface area contributed by atoms with Gasteiger partial charge < -0.3 is 10.1 Å². The standard InChI is InChI=1S/C22H26BrN3O4S2/c1-15-13-16(23)7-12-20(15)30-14-21(27)25-22(31)24-17-8-10-19(11-9-17)32(28,29)26-18-5-3-2-4-6-18/h7-13,18,26H,2-6,14H2,1H3,(H2,24,25,27,31). The zero-order valence-electron chi connectivity index (χ0n) is 17.7. The molecule has 0 bridgehead atoms. The number of rotatable bonds is 7. The van der Waals surface area contributed by atoms with Crippen LogP contribution in [-0.2, 0) is 14.8 Å². The molecule has 3 N–H and O–H groups in total. The SMILES string of the molecule is Cc1cc(Br)ccc1OCC(=O)NC(=S)Nc1ccc(S(=O)(=O)NC2CCCCC2)cc1. The number of carbonyl (C=O) groups excluding carboxylic acids is 1. The molecule has 0 radical (unpaired) electrons. The fourth-order valence-corrected chi connectivity index (χ4v) is 5.48. The number of amides is 1. The van der Waals surface area contributed by atoms with Crippen LogP contribution < -0.4 is 20.1 Å². The second-order valence-corrected chi connectivity index (χ2v) is 10.7. The number of benzene rings is 2. The van der Waals surface area contributed by atoms with E-state index in [1.54, 1.807) is 18.2 Å². The Morgan fingerprint density at radius 3 is 2.47 bits per heavy atom. The maximum atomic E-state index is 12.6. The largest absolute Gasteiger partial charge is 0.483 e. The second-order valence-electron chi connectivity index (χ2n) is 7.68. The molecule has 32 heavy (non-hydrogen) atoms. The Kier molecular flexibility index (Phi) is 8.64. The van der Waals surface area contributed by atoms with Gasteiger partial charge in [-0.15, -0.1) is 0 Å². The van der Waals surface area contributed by atoms with Crippen molar-refractivity contribution in [2.75, 3.05) is 11.9 Å². The smallest absolute Gasteiger partial charge is 0.264 e. The third-order valence-electron chi connectivity index (χ3n) is 5.10. The Labute approximate surface area is 202 Å². The lowest BCUT2D eigenvalue weighted by atomic mass is 9.96. The molecule has 2 aromatic rings. The van der Waals surface area contributed by atoms with E-state index in [1.807, 2.05) is 19.1 Å². The van der Waals surface area contributed by atoms with Crippen molar-refractivity contribution in [3.63, 3.8) is 0 Å². The van der Waals surface area contributed by atoms with Crippen LogP contribution in [-0.4, -0.2) is 32.1 Å². The van der Waals surface area contributed by atoms with E-state index in [4.69, 9.17) is 17.0 Å². The van der Waals surface area contributed by atoms with Crippen LogP contribution >= 0.6 is 28.1 Å². The molecule has 1 saturated carbocycles. The van der Waals surface area contributed by atoms with Crippen molar-refractivity contribution in [2.24, 2.45) is 0 Å². The Morgan fingerprint density at radius 1 is 1.12 bits per heavy atom. The molecule has 0 spiro atoms. The van der Waals surface area contributed by atoms with E-state index < -0.39 is 15.9 Å². The van der Waals surface area contributed by atoms with Crippen molar-refractivity contribution >= 4 is 54.9 Å². The van der Waals surface area contributed by atoms with Gasteiger partial charge in [0.2, 0.25) is 10.0 Å². The average Bonchev–Trinajstić information content (AvgIpc) is 2.74. The highest BCUT2D eigenvalue weighted by atomic mass is 79.9. The molecule has 0 aliphatic heterocycles. The van der Waals surface area contributed by atoms with Gasteiger partial charge in [-0.2, -0.15) is 0 Å². The fraction of sp³-hybridized carbons (Fsp3) is 0.364. The van der Waals surface area contributed by atoms with Gasteiger partial charge >= 0.3 is 0 Å². The first-order chi connectivity index (χ1) is 15.2. The van der Waals surface area contributed by atoms with E-state index in [2.05, 4.69) is 31.3 Å². The summed E-state index contributed by atoms with van der Waals surface area (Å²) in [4.78, 5) is 12.3. The monoisotopic (exact) mass is 539 g/mol. The molecule has 172 valence electrons. The summed E-state index contributed by atoms with van der Waals surface area (Å²) in [6.45, 7) is 1.70. The maximum Gasteiger partial charge on any atom is 0.264 e. The van der Waals surface area contributed by atoms with Crippen LogP contribution in [0.2, 0.25) is 0 Å². The first-order valence-corrected chi connectivity index (χ1v) is 13.0. The maximum absolute atomic E-state index is 12.6. The molecular formula is C22H26BrN3O4S2. The molecular weight excluding hydrogens is 514 g/mol. The minimum Gasteiger partial charge on any atom is -0.483 e. The molecule has 7 nitrogen and oxygen atoms in total. The zero-order valence-corrected chi connectivity index (χ0v) is 20.9. The van der Waals surface area contributed by atoms with Gasteiger partial charge in [0.15, 0.2) is 11.7 Å². The molecule has 2 aromatic carbocycles. The summed E-state index contributed by atoms with van der Waals surface area (Å²) >= 11 is 8.55. The number of nitrogens with one attached hydrogen (secondary N) is 3. The first kappa shape index (κ1) is 24.6. The topological polar surface area (TPSA) is 96.5 Å². The van der Waals surface area contributed by atoms with E-state index in [-0.39, 0.29) is 22.7 Å². The first-order valence-electron chi connectivity index (χ1n) is 10.3. The van der Waals surface area contributed by atoms with E-state index in [0.717, 1.165) is 42.1 Å². The van der Waals surface area contributed by atoms with Gasteiger partial charge in [0.05, 0.1) is 4.90 Å². The molecule has 1 aliphatic rings. The van der Waals surface area contributed by atoms with Crippen molar-refractivity contribution < 1.29 is 17.9 Å². The Morgan fingerprint density at radius 2 is 1.81 bits per heavy atom. The molecule has 1 fully saturated rings. The van der Waals surface area contributed by atoms with Gasteiger partial charge in [-0.25, -0.2) is 13.1 Å². The number of sulfonamides is 1. The number of hydrogen-bond acceptors (Lipinski definition) is 5. The summed E-state index contributed by atoms with van der Waals surface area (Å²) in [6, 6.07) is 11.7. The predicted molar refractivity (Wildman–Crippen MR) is 132 cm³/mol. The highest BCUT2D eigenvalue weighted by Crippen LogP contribution is 2.22. The van der Waals surface area contributed by atoms with Crippen LogP contribution in [0.1, 0.15) is 37.7 Å².